The SMILES string of the molecule is CCOc1ccc(N=C2NC(=O)/C(=C\c3cc(Br)c(OCC(=O)OC)c(Br)c3)S2)cc1. The van der Waals surface area contributed by atoms with E-state index in [1.807, 2.05) is 31.2 Å². The first-order valence-corrected chi connectivity index (χ1v) is 11.5. The van der Waals surface area contributed by atoms with Gasteiger partial charge in [0.15, 0.2) is 11.8 Å². The first-order valence-electron chi connectivity index (χ1n) is 9.10. The van der Waals surface area contributed by atoms with Crippen LogP contribution in [0.2, 0.25) is 0 Å². The summed E-state index contributed by atoms with van der Waals surface area (Å²) in [5.74, 6) is 0.524. The average Bonchev–Trinajstić information content (AvgIpc) is 3.07. The van der Waals surface area contributed by atoms with E-state index < -0.39 is 5.97 Å². The number of carbonyl (C=O) groups is 2. The normalized spacial score (nSPS) is 15.8. The molecule has 10 heteroatoms. The largest absolute Gasteiger partial charge is 0.494 e. The highest BCUT2D eigenvalue weighted by Gasteiger charge is 2.24. The summed E-state index contributed by atoms with van der Waals surface area (Å²) in [6.45, 7) is 2.31. The second kappa shape index (κ2) is 10.8. The predicted molar refractivity (Wildman–Crippen MR) is 128 cm³/mol. The van der Waals surface area contributed by atoms with Gasteiger partial charge in [-0.15, -0.1) is 0 Å². The highest BCUT2D eigenvalue weighted by molar-refractivity contribution is 9.11. The van der Waals surface area contributed by atoms with E-state index in [0.29, 0.717) is 37.1 Å². The van der Waals surface area contributed by atoms with Gasteiger partial charge in [-0.1, -0.05) is 0 Å². The summed E-state index contributed by atoms with van der Waals surface area (Å²) in [6, 6.07) is 10.9. The molecule has 162 valence electrons. The molecule has 2 aromatic rings. The monoisotopic (exact) mass is 568 g/mol. The van der Waals surface area contributed by atoms with E-state index in [1.165, 1.54) is 18.9 Å². The van der Waals surface area contributed by atoms with Gasteiger partial charge in [-0.05, 0) is 98.6 Å². The molecule has 0 saturated carbocycles. The molecule has 7 nitrogen and oxygen atoms in total. The topological polar surface area (TPSA) is 86.2 Å². The zero-order valence-corrected chi connectivity index (χ0v) is 20.6. The number of hydrogen-bond acceptors (Lipinski definition) is 7. The molecule has 2 aromatic carbocycles. The maximum Gasteiger partial charge on any atom is 0.343 e. The summed E-state index contributed by atoms with van der Waals surface area (Å²) in [4.78, 5) is 28.6. The van der Waals surface area contributed by atoms with Gasteiger partial charge in [-0.2, -0.15) is 0 Å². The molecule has 0 aromatic heterocycles. The average molecular weight is 570 g/mol. The van der Waals surface area contributed by atoms with Crippen LogP contribution in [0, 0.1) is 0 Å². The Morgan fingerprint density at radius 1 is 1.16 bits per heavy atom. The fourth-order valence-corrected chi connectivity index (χ4v) is 4.82. The third kappa shape index (κ3) is 6.34. The van der Waals surface area contributed by atoms with Crippen LogP contribution in [0.3, 0.4) is 0 Å². The number of nitrogens with zero attached hydrogens (tertiary/aromatic N) is 1. The minimum Gasteiger partial charge on any atom is -0.494 e. The smallest absolute Gasteiger partial charge is 0.343 e. The van der Waals surface area contributed by atoms with E-state index in [-0.39, 0.29) is 12.5 Å². The third-order valence-electron chi connectivity index (χ3n) is 3.91. The lowest BCUT2D eigenvalue weighted by atomic mass is 10.2. The molecule has 1 fully saturated rings. The molecule has 1 heterocycles. The first kappa shape index (κ1) is 23.4. The molecule has 0 atom stereocenters. The Hall–Kier alpha value is -2.30. The Kier molecular flexibility index (Phi) is 8.16. The number of amidine groups is 1. The second-order valence-electron chi connectivity index (χ2n) is 6.09. The highest BCUT2D eigenvalue weighted by Crippen LogP contribution is 2.36. The van der Waals surface area contributed by atoms with Crippen LogP contribution in [-0.4, -0.2) is 37.4 Å². The van der Waals surface area contributed by atoms with Crippen molar-refractivity contribution in [3.05, 3.63) is 55.8 Å². The number of nitrogens with one attached hydrogen (secondary N) is 1. The number of carbonyl (C=O) groups excluding carboxylic acids is 2. The summed E-state index contributed by atoms with van der Waals surface area (Å²) in [5.41, 5.74) is 1.48. The fourth-order valence-electron chi connectivity index (χ4n) is 2.52. The van der Waals surface area contributed by atoms with Crippen molar-refractivity contribution in [1.29, 1.82) is 0 Å². The lowest BCUT2D eigenvalue weighted by molar-refractivity contribution is -0.142. The molecular weight excluding hydrogens is 552 g/mol. The van der Waals surface area contributed by atoms with Gasteiger partial charge in [0, 0.05) is 0 Å². The van der Waals surface area contributed by atoms with Gasteiger partial charge in [0.05, 0.1) is 33.3 Å². The van der Waals surface area contributed by atoms with Gasteiger partial charge < -0.3 is 19.5 Å². The number of rotatable bonds is 7. The Labute approximate surface area is 200 Å². The summed E-state index contributed by atoms with van der Waals surface area (Å²) in [7, 11) is 1.29. The molecule has 0 bridgehead atoms. The second-order valence-corrected chi connectivity index (χ2v) is 8.83. The molecule has 0 aliphatic carbocycles. The number of thioether (sulfide) groups is 1. The minimum atomic E-state index is -0.483. The van der Waals surface area contributed by atoms with Crippen LogP contribution >= 0.6 is 43.6 Å². The van der Waals surface area contributed by atoms with Crippen molar-refractivity contribution < 1.29 is 23.8 Å². The maximum atomic E-state index is 12.4. The Bertz CT molecular complexity index is 1030. The van der Waals surface area contributed by atoms with Crippen LogP contribution in [0.15, 0.2) is 55.2 Å². The van der Waals surface area contributed by atoms with Crippen molar-refractivity contribution in [3.8, 4) is 11.5 Å². The fraction of sp³-hybridized carbons (Fsp3) is 0.190. The van der Waals surface area contributed by atoms with E-state index in [0.717, 1.165) is 11.3 Å². The van der Waals surface area contributed by atoms with E-state index in [9.17, 15) is 9.59 Å². The number of methoxy groups -OCH3 is 1. The van der Waals surface area contributed by atoms with Crippen LogP contribution in [0.25, 0.3) is 6.08 Å². The summed E-state index contributed by atoms with van der Waals surface area (Å²) in [6.07, 6.45) is 1.75. The molecule has 3 rings (SSSR count). The molecular formula is C21H18Br2N2O5S. The number of aliphatic imine (C=N–C) groups is 1. The number of amides is 1. The third-order valence-corrected chi connectivity index (χ3v) is 6.00. The zero-order chi connectivity index (χ0) is 22.4. The molecule has 0 unspecified atom stereocenters. The van der Waals surface area contributed by atoms with Gasteiger partial charge in [-0.25, -0.2) is 9.79 Å². The van der Waals surface area contributed by atoms with Gasteiger partial charge >= 0.3 is 5.97 Å². The van der Waals surface area contributed by atoms with Crippen molar-refractivity contribution >= 4 is 72.4 Å². The lowest BCUT2D eigenvalue weighted by Crippen LogP contribution is -2.19. The zero-order valence-electron chi connectivity index (χ0n) is 16.6. The molecule has 1 saturated heterocycles. The summed E-state index contributed by atoms with van der Waals surface area (Å²) in [5, 5.41) is 3.26. The lowest BCUT2D eigenvalue weighted by Gasteiger charge is -2.10. The van der Waals surface area contributed by atoms with Crippen molar-refractivity contribution in [3.63, 3.8) is 0 Å². The summed E-state index contributed by atoms with van der Waals surface area (Å²) >= 11 is 8.11. The van der Waals surface area contributed by atoms with E-state index in [4.69, 9.17) is 9.47 Å². The Morgan fingerprint density at radius 2 is 1.84 bits per heavy atom. The van der Waals surface area contributed by atoms with Crippen LogP contribution in [-0.2, 0) is 14.3 Å². The standard InChI is InChI=1S/C21H18Br2N2O5S/c1-3-29-14-6-4-13(5-7-14)24-21-25-20(27)17(31-21)10-12-8-15(22)19(16(23)9-12)30-11-18(26)28-2/h4-10H,3,11H2,1-2H3,(H,24,25,27)/b17-10+. The molecule has 0 spiro atoms. The molecule has 0 radical (unpaired) electrons. The van der Waals surface area contributed by atoms with Crippen LogP contribution in [0.4, 0.5) is 5.69 Å². The van der Waals surface area contributed by atoms with Crippen LogP contribution in [0.1, 0.15) is 12.5 Å². The van der Waals surface area contributed by atoms with Crippen LogP contribution < -0.4 is 14.8 Å². The molecule has 31 heavy (non-hydrogen) atoms. The van der Waals surface area contributed by atoms with Crippen molar-refractivity contribution in [2.75, 3.05) is 20.3 Å². The van der Waals surface area contributed by atoms with Crippen molar-refractivity contribution in [1.82, 2.24) is 5.32 Å². The van der Waals surface area contributed by atoms with Gasteiger partial charge in [0.1, 0.15) is 11.5 Å². The van der Waals surface area contributed by atoms with Gasteiger partial charge in [0.2, 0.25) is 0 Å². The van der Waals surface area contributed by atoms with Crippen molar-refractivity contribution in [2.45, 2.75) is 6.92 Å². The number of halogens is 2. The van der Waals surface area contributed by atoms with Gasteiger partial charge in [-0.3, -0.25) is 4.79 Å². The number of esters is 1. The molecule has 1 aliphatic heterocycles. The highest BCUT2D eigenvalue weighted by atomic mass is 79.9. The van der Waals surface area contributed by atoms with E-state index in [1.54, 1.807) is 18.2 Å². The van der Waals surface area contributed by atoms with Crippen LogP contribution in [0.5, 0.6) is 11.5 Å². The predicted octanol–water partition coefficient (Wildman–Crippen LogP) is 5.05. The van der Waals surface area contributed by atoms with E-state index in [2.05, 4.69) is 46.9 Å². The molecule has 1 aliphatic rings. The quantitative estimate of drug-likeness (QED) is 0.371. The maximum absolute atomic E-state index is 12.4. The van der Waals surface area contributed by atoms with Gasteiger partial charge in [0.25, 0.3) is 5.91 Å². The van der Waals surface area contributed by atoms with E-state index >= 15 is 0 Å². The first-order chi connectivity index (χ1) is 14.9. The minimum absolute atomic E-state index is 0.211. The summed E-state index contributed by atoms with van der Waals surface area (Å²) < 4.78 is 16.7. The number of hydrogen-bond donors (Lipinski definition) is 1. The Balaban J connectivity index is 1.74. The number of ether oxygens (including phenoxy) is 3. The molecule has 1 N–H and O–H groups in total. The Morgan fingerprint density at radius 3 is 2.45 bits per heavy atom. The van der Waals surface area contributed by atoms with Crippen molar-refractivity contribution in [2.24, 2.45) is 4.99 Å². The molecule has 1 amide bonds. The number of benzene rings is 2.